The van der Waals surface area contributed by atoms with Gasteiger partial charge in [-0.05, 0) is 30.7 Å². The van der Waals surface area contributed by atoms with Crippen LogP contribution in [0.5, 0.6) is 0 Å². The van der Waals surface area contributed by atoms with Crippen LogP contribution in [-0.4, -0.2) is 21.5 Å². The van der Waals surface area contributed by atoms with Crippen LogP contribution in [0, 0.1) is 0 Å². The zero-order valence-electron chi connectivity index (χ0n) is 12.6. The molecule has 0 amide bonds. The number of esters is 1. The second kappa shape index (κ2) is 7.12. The van der Waals surface area contributed by atoms with Crippen molar-refractivity contribution in [1.29, 1.82) is 0 Å². The maximum Gasteiger partial charge on any atom is 0.339 e. The van der Waals surface area contributed by atoms with Crippen molar-refractivity contribution in [2.75, 3.05) is 7.11 Å². The Bertz CT molecular complexity index is 806. The standard InChI is InChI=1S/C16H16ClNO4S/c1-11(12-6-4-3-5-7-12)18-23(20,21)13-8-9-15(17)14(10-13)16(19)22-2/h3-11,18H,1-2H3. The number of nitrogens with one attached hydrogen (secondary N) is 1. The van der Waals surface area contributed by atoms with Gasteiger partial charge in [-0.25, -0.2) is 17.9 Å². The Morgan fingerprint density at radius 2 is 1.83 bits per heavy atom. The molecule has 0 aromatic heterocycles. The smallest absolute Gasteiger partial charge is 0.339 e. The molecule has 0 spiro atoms. The highest BCUT2D eigenvalue weighted by Gasteiger charge is 2.21. The molecule has 2 aromatic rings. The Balaban J connectivity index is 2.31. The van der Waals surface area contributed by atoms with Crippen LogP contribution in [0.4, 0.5) is 0 Å². The molecule has 0 aliphatic carbocycles. The molecule has 1 atom stereocenters. The number of carbonyl (C=O) groups is 1. The topological polar surface area (TPSA) is 72.5 Å². The first-order valence-electron chi connectivity index (χ1n) is 6.80. The van der Waals surface area contributed by atoms with Gasteiger partial charge in [0.25, 0.3) is 0 Å². The summed E-state index contributed by atoms with van der Waals surface area (Å²) in [5.41, 5.74) is 0.836. The zero-order valence-corrected chi connectivity index (χ0v) is 14.2. The Kier molecular flexibility index (Phi) is 5.41. The Morgan fingerprint density at radius 1 is 1.17 bits per heavy atom. The summed E-state index contributed by atoms with van der Waals surface area (Å²) in [7, 11) is -2.60. The minimum absolute atomic E-state index is 0.00408. The van der Waals surface area contributed by atoms with Crippen molar-refractivity contribution in [3.63, 3.8) is 0 Å². The summed E-state index contributed by atoms with van der Waals surface area (Å²) in [5, 5.41) is 0.131. The number of hydrogen-bond donors (Lipinski definition) is 1. The van der Waals surface area contributed by atoms with Gasteiger partial charge < -0.3 is 4.74 Å². The number of halogens is 1. The van der Waals surface area contributed by atoms with Gasteiger partial charge in [-0.3, -0.25) is 0 Å². The first-order valence-corrected chi connectivity index (χ1v) is 8.66. The summed E-state index contributed by atoms with van der Waals surface area (Å²) in [6.07, 6.45) is 0. The molecule has 2 rings (SSSR count). The first-order chi connectivity index (χ1) is 10.8. The molecule has 2 aromatic carbocycles. The summed E-state index contributed by atoms with van der Waals surface area (Å²) >= 11 is 5.91. The highest BCUT2D eigenvalue weighted by Crippen LogP contribution is 2.23. The maximum atomic E-state index is 12.5. The summed E-state index contributed by atoms with van der Waals surface area (Å²) in [5.74, 6) is -0.692. The number of benzene rings is 2. The molecule has 1 unspecified atom stereocenters. The van der Waals surface area contributed by atoms with E-state index in [2.05, 4.69) is 9.46 Å². The van der Waals surface area contributed by atoms with Crippen LogP contribution in [-0.2, 0) is 14.8 Å². The molecular formula is C16H16ClNO4S. The lowest BCUT2D eigenvalue weighted by molar-refractivity contribution is 0.0600. The quantitative estimate of drug-likeness (QED) is 0.838. The summed E-state index contributed by atoms with van der Waals surface area (Å²) in [4.78, 5) is 11.6. The molecule has 0 saturated carbocycles. The molecule has 5 nitrogen and oxygen atoms in total. The molecule has 0 radical (unpaired) electrons. The lowest BCUT2D eigenvalue weighted by Crippen LogP contribution is -2.27. The lowest BCUT2D eigenvalue weighted by Gasteiger charge is -2.15. The second-order valence-electron chi connectivity index (χ2n) is 4.89. The fourth-order valence-electron chi connectivity index (χ4n) is 2.05. The second-order valence-corrected chi connectivity index (χ2v) is 7.01. The SMILES string of the molecule is COC(=O)c1cc(S(=O)(=O)NC(C)c2ccccc2)ccc1Cl. The number of rotatable bonds is 5. The zero-order chi connectivity index (χ0) is 17.0. The molecule has 0 bridgehead atoms. The molecule has 0 heterocycles. The van der Waals surface area contributed by atoms with E-state index in [0.29, 0.717) is 0 Å². The largest absolute Gasteiger partial charge is 0.465 e. The van der Waals surface area contributed by atoms with E-state index in [4.69, 9.17) is 11.6 Å². The molecular weight excluding hydrogens is 338 g/mol. The Hall–Kier alpha value is -1.89. The third kappa shape index (κ3) is 4.10. The Morgan fingerprint density at radius 3 is 2.43 bits per heavy atom. The van der Waals surface area contributed by atoms with Gasteiger partial charge in [0, 0.05) is 6.04 Å². The number of methoxy groups -OCH3 is 1. The summed E-state index contributed by atoms with van der Waals surface area (Å²) in [6, 6.07) is 12.7. The van der Waals surface area contributed by atoms with Crippen LogP contribution in [0.15, 0.2) is 53.4 Å². The van der Waals surface area contributed by atoms with Gasteiger partial charge in [0.1, 0.15) is 0 Å². The van der Waals surface area contributed by atoms with Crippen LogP contribution in [0.3, 0.4) is 0 Å². The fourth-order valence-corrected chi connectivity index (χ4v) is 3.50. The first kappa shape index (κ1) is 17.5. The number of sulfonamides is 1. The van der Waals surface area contributed by atoms with Crippen molar-refractivity contribution in [1.82, 2.24) is 4.72 Å². The summed E-state index contributed by atoms with van der Waals surface area (Å²) in [6.45, 7) is 1.74. The van der Waals surface area contributed by atoms with Gasteiger partial charge in [-0.1, -0.05) is 41.9 Å². The van der Waals surface area contributed by atoms with Gasteiger partial charge in [0.2, 0.25) is 10.0 Å². The highest BCUT2D eigenvalue weighted by molar-refractivity contribution is 7.89. The van der Waals surface area contributed by atoms with Crippen molar-refractivity contribution in [2.45, 2.75) is 17.9 Å². The van der Waals surface area contributed by atoms with Crippen LogP contribution < -0.4 is 4.72 Å². The van der Waals surface area contributed by atoms with E-state index < -0.39 is 22.0 Å². The van der Waals surface area contributed by atoms with Crippen LogP contribution in [0.25, 0.3) is 0 Å². The van der Waals surface area contributed by atoms with Crippen molar-refractivity contribution >= 4 is 27.6 Å². The van der Waals surface area contributed by atoms with Crippen molar-refractivity contribution in [3.8, 4) is 0 Å². The van der Waals surface area contributed by atoms with E-state index in [0.717, 1.165) is 5.56 Å². The molecule has 0 aliphatic rings. The van der Waals surface area contributed by atoms with Gasteiger partial charge >= 0.3 is 5.97 Å². The summed E-state index contributed by atoms with van der Waals surface area (Å²) < 4.78 is 32.1. The van der Waals surface area contributed by atoms with Gasteiger partial charge in [-0.2, -0.15) is 0 Å². The van der Waals surface area contributed by atoms with E-state index in [1.807, 2.05) is 30.3 Å². The van der Waals surface area contributed by atoms with E-state index in [1.165, 1.54) is 25.3 Å². The minimum Gasteiger partial charge on any atom is -0.465 e. The third-order valence-electron chi connectivity index (χ3n) is 3.28. The van der Waals surface area contributed by atoms with Crippen molar-refractivity contribution in [3.05, 3.63) is 64.7 Å². The van der Waals surface area contributed by atoms with Crippen molar-refractivity contribution in [2.24, 2.45) is 0 Å². The lowest BCUT2D eigenvalue weighted by atomic mass is 10.1. The van der Waals surface area contributed by atoms with E-state index in [9.17, 15) is 13.2 Å². The van der Waals surface area contributed by atoms with Gasteiger partial charge in [0.05, 0.1) is 22.6 Å². The number of carbonyl (C=O) groups excluding carboxylic acids is 1. The van der Waals surface area contributed by atoms with Crippen molar-refractivity contribution < 1.29 is 17.9 Å². The third-order valence-corrected chi connectivity index (χ3v) is 5.15. The Labute approximate surface area is 140 Å². The van der Waals surface area contributed by atoms with E-state index in [-0.39, 0.29) is 15.5 Å². The fraction of sp³-hybridized carbons (Fsp3) is 0.188. The average molecular weight is 354 g/mol. The van der Waals surface area contributed by atoms with Gasteiger partial charge in [-0.15, -0.1) is 0 Å². The highest BCUT2D eigenvalue weighted by atomic mass is 35.5. The van der Waals surface area contributed by atoms with Crippen LogP contribution >= 0.6 is 11.6 Å². The number of ether oxygens (including phenoxy) is 1. The molecule has 1 N–H and O–H groups in total. The van der Waals surface area contributed by atoms with Crippen LogP contribution in [0.2, 0.25) is 5.02 Å². The predicted octanol–water partition coefficient (Wildman–Crippen LogP) is 3.17. The van der Waals surface area contributed by atoms with Crippen LogP contribution in [0.1, 0.15) is 28.9 Å². The molecule has 0 aliphatic heterocycles. The van der Waals surface area contributed by atoms with E-state index in [1.54, 1.807) is 6.92 Å². The average Bonchev–Trinajstić information content (AvgIpc) is 2.54. The minimum atomic E-state index is -3.81. The molecule has 23 heavy (non-hydrogen) atoms. The predicted molar refractivity (Wildman–Crippen MR) is 88.0 cm³/mol. The van der Waals surface area contributed by atoms with E-state index >= 15 is 0 Å². The molecule has 0 fully saturated rings. The molecule has 0 saturated heterocycles. The normalized spacial score (nSPS) is 12.7. The van der Waals surface area contributed by atoms with Gasteiger partial charge in [0.15, 0.2) is 0 Å². The monoisotopic (exact) mass is 353 g/mol. The molecule has 7 heteroatoms. The maximum absolute atomic E-state index is 12.5. The molecule has 122 valence electrons. The number of hydrogen-bond acceptors (Lipinski definition) is 4.